The Morgan fingerprint density at radius 1 is 1.07 bits per heavy atom. The molecule has 0 saturated carbocycles. The molecule has 0 bridgehead atoms. The molecular formula is C23H19ClN4O2. The molecule has 6 nitrogen and oxygen atoms in total. The van der Waals surface area contributed by atoms with Crippen molar-refractivity contribution < 1.29 is 9.53 Å². The molecule has 0 saturated heterocycles. The minimum Gasteiger partial charge on any atom is -0.497 e. The predicted molar refractivity (Wildman–Crippen MR) is 116 cm³/mol. The second kappa shape index (κ2) is 8.80. The van der Waals surface area contributed by atoms with Crippen molar-refractivity contribution >= 4 is 17.5 Å². The Hall–Kier alpha value is -3.64. The number of nitrogens with zero attached hydrogens (tertiary/aromatic N) is 3. The van der Waals surface area contributed by atoms with Gasteiger partial charge in [0.1, 0.15) is 11.4 Å². The van der Waals surface area contributed by atoms with E-state index in [0.29, 0.717) is 28.6 Å². The second-order valence-corrected chi connectivity index (χ2v) is 6.98. The van der Waals surface area contributed by atoms with Crippen LogP contribution in [0.3, 0.4) is 0 Å². The predicted octanol–water partition coefficient (Wildman–Crippen LogP) is 4.53. The Morgan fingerprint density at radius 2 is 1.90 bits per heavy atom. The summed E-state index contributed by atoms with van der Waals surface area (Å²) in [5.41, 5.74) is 3.41. The lowest BCUT2D eigenvalue weighted by Crippen LogP contribution is -2.25. The number of amides is 1. The lowest BCUT2D eigenvalue weighted by atomic mass is 10.1. The summed E-state index contributed by atoms with van der Waals surface area (Å²) in [6.45, 7) is 0.318. The van der Waals surface area contributed by atoms with E-state index < -0.39 is 0 Å². The molecule has 2 aromatic carbocycles. The molecule has 0 radical (unpaired) electrons. The summed E-state index contributed by atoms with van der Waals surface area (Å²) in [6.07, 6.45) is 1.69. The molecule has 7 heteroatoms. The SMILES string of the molecule is COc1ccc(-c2cc(C(=O)NCc3ccccn3)n(-c3cccc(Cl)c3)n2)cc1. The van der Waals surface area contributed by atoms with Gasteiger partial charge in [0.2, 0.25) is 0 Å². The Balaban J connectivity index is 1.69. The molecule has 0 fully saturated rings. The molecule has 30 heavy (non-hydrogen) atoms. The van der Waals surface area contributed by atoms with E-state index in [1.807, 2.05) is 54.6 Å². The molecule has 0 aliphatic rings. The van der Waals surface area contributed by atoms with Crippen LogP contribution in [0, 0.1) is 0 Å². The van der Waals surface area contributed by atoms with Crippen LogP contribution in [0.4, 0.5) is 0 Å². The standard InChI is InChI=1S/C23H19ClN4O2/c1-30-20-10-8-16(9-11-20)21-14-22(23(29)26-15-18-6-2-3-12-25-18)28(27-21)19-7-4-5-17(24)13-19/h2-14H,15H2,1H3,(H,26,29). The molecule has 0 aliphatic heterocycles. The van der Waals surface area contributed by atoms with Gasteiger partial charge in [-0.1, -0.05) is 23.7 Å². The maximum atomic E-state index is 13.0. The van der Waals surface area contributed by atoms with E-state index in [-0.39, 0.29) is 5.91 Å². The third-order valence-electron chi connectivity index (χ3n) is 4.54. The zero-order chi connectivity index (χ0) is 20.9. The maximum absolute atomic E-state index is 13.0. The minimum atomic E-state index is -0.257. The van der Waals surface area contributed by atoms with Crippen molar-refractivity contribution in [2.24, 2.45) is 0 Å². The van der Waals surface area contributed by atoms with Gasteiger partial charge in [-0.3, -0.25) is 9.78 Å². The summed E-state index contributed by atoms with van der Waals surface area (Å²) >= 11 is 6.16. The number of nitrogens with one attached hydrogen (secondary N) is 1. The Kier molecular flexibility index (Phi) is 5.77. The van der Waals surface area contributed by atoms with E-state index in [4.69, 9.17) is 16.3 Å². The number of hydrogen-bond acceptors (Lipinski definition) is 4. The van der Waals surface area contributed by atoms with Crippen molar-refractivity contribution in [3.8, 4) is 22.7 Å². The number of hydrogen-bond donors (Lipinski definition) is 1. The van der Waals surface area contributed by atoms with Crippen molar-refractivity contribution in [3.05, 3.63) is 95.4 Å². The van der Waals surface area contributed by atoms with Gasteiger partial charge in [-0.25, -0.2) is 4.68 Å². The summed E-state index contributed by atoms with van der Waals surface area (Å²) in [4.78, 5) is 17.2. The van der Waals surface area contributed by atoms with Gasteiger partial charge in [0.25, 0.3) is 5.91 Å². The molecule has 2 heterocycles. The molecule has 1 N–H and O–H groups in total. The second-order valence-electron chi connectivity index (χ2n) is 6.54. The molecule has 4 rings (SSSR count). The van der Waals surface area contributed by atoms with Crippen LogP contribution < -0.4 is 10.1 Å². The van der Waals surface area contributed by atoms with Crippen LogP contribution in [-0.4, -0.2) is 27.8 Å². The number of carbonyl (C=O) groups excluding carboxylic acids is 1. The van der Waals surface area contributed by atoms with Crippen LogP contribution in [-0.2, 0) is 6.54 Å². The lowest BCUT2D eigenvalue weighted by Gasteiger charge is -2.08. The summed E-state index contributed by atoms with van der Waals surface area (Å²) < 4.78 is 6.81. The van der Waals surface area contributed by atoms with Crippen LogP contribution in [0.1, 0.15) is 16.2 Å². The third-order valence-corrected chi connectivity index (χ3v) is 4.77. The van der Waals surface area contributed by atoms with Crippen molar-refractivity contribution in [2.45, 2.75) is 6.54 Å². The number of methoxy groups -OCH3 is 1. The fourth-order valence-electron chi connectivity index (χ4n) is 3.01. The fraction of sp³-hybridized carbons (Fsp3) is 0.0870. The van der Waals surface area contributed by atoms with Gasteiger partial charge in [-0.05, 0) is 60.7 Å². The monoisotopic (exact) mass is 418 g/mol. The van der Waals surface area contributed by atoms with Crippen LogP contribution >= 0.6 is 11.6 Å². The lowest BCUT2D eigenvalue weighted by molar-refractivity contribution is 0.0942. The largest absolute Gasteiger partial charge is 0.497 e. The van der Waals surface area contributed by atoms with E-state index in [1.165, 1.54) is 0 Å². The van der Waals surface area contributed by atoms with Gasteiger partial charge < -0.3 is 10.1 Å². The third kappa shape index (κ3) is 4.34. The van der Waals surface area contributed by atoms with Crippen molar-refractivity contribution in [3.63, 3.8) is 0 Å². The van der Waals surface area contributed by atoms with Crippen molar-refractivity contribution in [2.75, 3.05) is 7.11 Å². The highest BCUT2D eigenvalue weighted by Crippen LogP contribution is 2.25. The topological polar surface area (TPSA) is 69.0 Å². The van der Waals surface area contributed by atoms with Gasteiger partial charge in [-0.15, -0.1) is 0 Å². The van der Waals surface area contributed by atoms with Crippen LogP contribution in [0.5, 0.6) is 5.75 Å². The van der Waals surface area contributed by atoms with Crippen LogP contribution in [0.2, 0.25) is 5.02 Å². The van der Waals surface area contributed by atoms with Crippen LogP contribution in [0.25, 0.3) is 16.9 Å². The van der Waals surface area contributed by atoms with E-state index in [1.54, 1.807) is 36.2 Å². The Morgan fingerprint density at radius 3 is 2.60 bits per heavy atom. The summed E-state index contributed by atoms with van der Waals surface area (Å²) in [5, 5.41) is 8.14. The van der Waals surface area contributed by atoms with E-state index in [2.05, 4.69) is 15.4 Å². The zero-order valence-electron chi connectivity index (χ0n) is 16.2. The van der Waals surface area contributed by atoms with E-state index >= 15 is 0 Å². The number of benzene rings is 2. The molecular weight excluding hydrogens is 400 g/mol. The smallest absolute Gasteiger partial charge is 0.270 e. The molecule has 1 amide bonds. The first-order valence-electron chi connectivity index (χ1n) is 9.32. The number of halogens is 1. The average Bonchev–Trinajstić information content (AvgIpc) is 3.24. The quantitative estimate of drug-likeness (QED) is 0.499. The van der Waals surface area contributed by atoms with Gasteiger partial charge >= 0.3 is 0 Å². The molecule has 0 aliphatic carbocycles. The molecule has 0 spiro atoms. The van der Waals surface area contributed by atoms with Gasteiger partial charge in [0.05, 0.1) is 30.7 Å². The number of rotatable bonds is 6. The van der Waals surface area contributed by atoms with E-state index in [9.17, 15) is 4.79 Å². The highest BCUT2D eigenvalue weighted by molar-refractivity contribution is 6.30. The van der Waals surface area contributed by atoms with Crippen LogP contribution in [0.15, 0.2) is 79.0 Å². The van der Waals surface area contributed by atoms with E-state index in [0.717, 1.165) is 17.0 Å². The summed E-state index contributed by atoms with van der Waals surface area (Å²) in [7, 11) is 1.62. The van der Waals surface area contributed by atoms with Crippen molar-refractivity contribution in [1.29, 1.82) is 0 Å². The molecule has 0 unspecified atom stereocenters. The number of carbonyl (C=O) groups is 1. The normalized spacial score (nSPS) is 10.6. The number of aromatic nitrogens is 3. The zero-order valence-corrected chi connectivity index (χ0v) is 17.0. The highest BCUT2D eigenvalue weighted by atomic mass is 35.5. The Bertz CT molecular complexity index is 1160. The van der Waals surface area contributed by atoms with Crippen molar-refractivity contribution in [1.82, 2.24) is 20.1 Å². The Labute approximate surface area is 179 Å². The molecule has 4 aromatic rings. The number of ether oxygens (including phenoxy) is 1. The average molecular weight is 419 g/mol. The summed E-state index contributed by atoms with van der Waals surface area (Å²) in [6, 6.07) is 22.1. The first-order valence-corrected chi connectivity index (χ1v) is 9.70. The first kappa shape index (κ1) is 19.7. The molecule has 150 valence electrons. The highest BCUT2D eigenvalue weighted by Gasteiger charge is 2.18. The maximum Gasteiger partial charge on any atom is 0.270 e. The number of pyridine rings is 1. The molecule has 0 atom stereocenters. The minimum absolute atomic E-state index is 0.257. The van der Waals surface area contributed by atoms with Gasteiger partial charge in [-0.2, -0.15) is 5.10 Å². The van der Waals surface area contributed by atoms with Gasteiger partial charge in [0, 0.05) is 16.8 Å². The van der Waals surface area contributed by atoms with Gasteiger partial charge in [0.15, 0.2) is 0 Å². The summed E-state index contributed by atoms with van der Waals surface area (Å²) in [5.74, 6) is 0.495. The first-order chi connectivity index (χ1) is 14.6. The molecule has 2 aromatic heterocycles. The fourth-order valence-corrected chi connectivity index (χ4v) is 3.20.